The van der Waals surface area contributed by atoms with Gasteiger partial charge in [0.2, 0.25) is 0 Å². The maximum atomic E-state index is 12.1. The number of hydrogen-bond donors (Lipinski definition) is 0. The van der Waals surface area contributed by atoms with Crippen molar-refractivity contribution in [1.82, 2.24) is 0 Å². The second-order valence-corrected chi connectivity index (χ2v) is 4.21. The predicted octanol–water partition coefficient (Wildman–Crippen LogP) is 3.77. The van der Waals surface area contributed by atoms with E-state index in [1.165, 1.54) is 0 Å². The summed E-state index contributed by atoms with van der Waals surface area (Å²) in [5.74, 6) is -0.290. The van der Waals surface area contributed by atoms with Crippen molar-refractivity contribution < 1.29 is 9.53 Å². The topological polar surface area (TPSA) is 26.3 Å². The molecule has 0 bridgehead atoms. The van der Waals surface area contributed by atoms with Crippen LogP contribution in [-0.4, -0.2) is 5.97 Å². The van der Waals surface area contributed by atoms with Crippen LogP contribution in [0.25, 0.3) is 0 Å². The first kappa shape index (κ1) is 13.1. The van der Waals surface area contributed by atoms with E-state index in [2.05, 4.69) is 6.58 Å². The molecule has 0 atom stereocenters. The van der Waals surface area contributed by atoms with Gasteiger partial charge in [0.05, 0.1) is 5.56 Å². The monoisotopic (exact) mass is 252 g/mol. The first-order valence-electron chi connectivity index (χ1n) is 6.21. The summed E-state index contributed by atoms with van der Waals surface area (Å²) in [6.07, 6.45) is 2.44. The molecule has 0 aliphatic heterocycles. The highest BCUT2D eigenvalue weighted by atomic mass is 16.5. The third-order valence-electron chi connectivity index (χ3n) is 2.81. The zero-order chi connectivity index (χ0) is 13.5. The molecule has 0 unspecified atom stereocenters. The molecule has 2 heteroatoms. The van der Waals surface area contributed by atoms with E-state index in [1.54, 1.807) is 12.1 Å². The van der Waals surface area contributed by atoms with E-state index in [-0.39, 0.29) is 5.97 Å². The highest BCUT2D eigenvalue weighted by Crippen LogP contribution is 2.12. The van der Waals surface area contributed by atoms with Gasteiger partial charge in [-0.05, 0) is 23.6 Å². The van der Waals surface area contributed by atoms with Crippen molar-refractivity contribution >= 4 is 5.97 Å². The van der Waals surface area contributed by atoms with Gasteiger partial charge in [0, 0.05) is 0 Å². The lowest BCUT2D eigenvalue weighted by atomic mass is 10.0. The Morgan fingerprint density at radius 1 is 1.05 bits per heavy atom. The van der Waals surface area contributed by atoms with Gasteiger partial charge in [-0.3, -0.25) is 0 Å². The standard InChI is InChI=1S/C17H16O2/c1-2-8-15-11-6-7-12-16(15)17(18)19-13-14-9-4-3-5-10-14/h2-7,9-12H,1,8,13H2. The van der Waals surface area contributed by atoms with Crippen LogP contribution in [0.3, 0.4) is 0 Å². The Labute approximate surface area is 113 Å². The predicted molar refractivity (Wildman–Crippen MR) is 75.9 cm³/mol. The molecule has 0 aliphatic carbocycles. The van der Waals surface area contributed by atoms with E-state index in [1.807, 2.05) is 48.5 Å². The van der Waals surface area contributed by atoms with Gasteiger partial charge in [0.1, 0.15) is 6.61 Å². The molecule has 2 aromatic carbocycles. The molecule has 0 N–H and O–H groups in total. The van der Waals surface area contributed by atoms with Crippen LogP contribution in [0.5, 0.6) is 0 Å². The Bertz CT molecular complexity index is 558. The molecule has 0 radical (unpaired) electrons. The molecule has 0 saturated heterocycles. The molecular formula is C17H16O2. The molecule has 0 heterocycles. The lowest BCUT2D eigenvalue weighted by molar-refractivity contribution is 0.0471. The van der Waals surface area contributed by atoms with E-state index >= 15 is 0 Å². The quantitative estimate of drug-likeness (QED) is 0.598. The number of hydrogen-bond acceptors (Lipinski definition) is 2. The Kier molecular flexibility index (Phi) is 4.51. The van der Waals surface area contributed by atoms with Crippen molar-refractivity contribution in [2.24, 2.45) is 0 Å². The van der Waals surface area contributed by atoms with Gasteiger partial charge in [0.25, 0.3) is 0 Å². The van der Waals surface area contributed by atoms with Crippen molar-refractivity contribution in [2.75, 3.05) is 0 Å². The van der Waals surface area contributed by atoms with E-state index in [4.69, 9.17) is 4.74 Å². The number of ether oxygens (including phenoxy) is 1. The van der Waals surface area contributed by atoms with Gasteiger partial charge < -0.3 is 4.74 Å². The molecule has 0 aromatic heterocycles. The van der Waals surface area contributed by atoms with Crippen LogP contribution >= 0.6 is 0 Å². The number of carbonyl (C=O) groups is 1. The summed E-state index contributed by atoms with van der Waals surface area (Å²) in [5, 5.41) is 0. The summed E-state index contributed by atoms with van der Waals surface area (Å²) < 4.78 is 5.33. The molecular weight excluding hydrogens is 236 g/mol. The number of carbonyl (C=O) groups excluding carboxylic acids is 1. The van der Waals surface area contributed by atoms with Crippen LogP contribution in [-0.2, 0) is 17.8 Å². The molecule has 0 aliphatic rings. The Balaban J connectivity index is 2.06. The normalized spacial score (nSPS) is 9.89. The van der Waals surface area contributed by atoms with Crippen molar-refractivity contribution in [3.8, 4) is 0 Å². The number of benzene rings is 2. The van der Waals surface area contributed by atoms with Gasteiger partial charge in [-0.1, -0.05) is 54.6 Å². The maximum Gasteiger partial charge on any atom is 0.338 e. The third kappa shape index (κ3) is 3.55. The summed E-state index contributed by atoms with van der Waals surface area (Å²) in [5.41, 5.74) is 2.53. The Hall–Kier alpha value is -2.35. The summed E-state index contributed by atoms with van der Waals surface area (Å²) >= 11 is 0. The van der Waals surface area contributed by atoms with Crippen LogP contribution in [0, 0.1) is 0 Å². The molecule has 19 heavy (non-hydrogen) atoms. The first-order valence-corrected chi connectivity index (χ1v) is 6.21. The molecule has 0 saturated carbocycles. The minimum atomic E-state index is -0.290. The minimum Gasteiger partial charge on any atom is -0.457 e. The zero-order valence-corrected chi connectivity index (χ0v) is 10.7. The molecule has 0 spiro atoms. The summed E-state index contributed by atoms with van der Waals surface area (Å²) in [6.45, 7) is 3.99. The molecule has 2 aromatic rings. The van der Waals surface area contributed by atoms with E-state index in [9.17, 15) is 4.79 Å². The van der Waals surface area contributed by atoms with Gasteiger partial charge in [-0.25, -0.2) is 4.79 Å². The second-order valence-electron chi connectivity index (χ2n) is 4.21. The van der Waals surface area contributed by atoms with Gasteiger partial charge in [0.15, 0.2) is 0 Å². The van der Waals surface area contributed by atoms with Crippen molar-refractivity contribution in [2.45, 2.75) is 13.0 Å². The van der Waals surface area contributed by atoms with Gasteiger partial charge >= 0.3 is 5.97 Å². The van der Waals surface area contributed by atoms with Crippen molar-refractivity contribution in [1.29, 1.82) is 0 Å². The van der Waals surface area contributed by atoms with Crippen molar-refractivity contribution in [3.63, 3.8) is 0 Å². The highest BCUT2D eigenvalue weighted by molar-refractivity contribution is 5.91. The minimum absolute atomic E-state index is 0.290. The van der Waals surface area contributed by atoms with Crippen LogP contribution in [0.4, 0.5) is 0 Å². The number of esters is 1. The highest BCUT2D eigenvalue weighted by Gasteiger charge is 2.11. The lowest BCUT2D eigenvalue weighted by Crippen LogP contribution is -2.08. The fraction of sp³-hybridized carbons (Fsp3) is 0.118. The summed E-state index contributed by atoms with van der Waals surface area (Å²) in [7, 11) is 0. The lowest BCUT2D eigenvalue weighted by Gasteiger charge is -2.08. The molecule has 96 valence electrons. The fourth-order valence-electron chi connectivity index (χ4n) is 1.85. The third-order valence-corrected chi connectivity index (χ3v) is 2.81. The molecule has 0 amide bonds. The van der Waals surface area contributed by atoms with E-state index < -0.39 is 0 Å². The van der Waals surface area contributed by atoms with Gasteiger partial charge in [-0.15, -0.1) is 6.58 Å². The maximum absolute atomic E-state index is 12.1. The Morgan fingerprint density at radius 2 is 1.74 bits per heavy atom. The van der Waals surface area contributed by atoms with Crippen LogP contribution in [0.15, 0.2) is 67.3 Å². The second kappa shape index (κ2) is 6.55. The van der Waals surface area contributed by atoms with Gasteiger partial charge in [-0.2, -0.15) is 0 Å². The SMILES string of the molecule is C=CCc1ccccc1C(=O)OCc1ccccc1. The molecule has 0 fully saturated rings. The number of rotatable bonds is 5. The average Bonchev–Trinajstić information content (AvgIpc) is 2.47. The molecule has 2 nitrogen and oxygen atoms in total. The molecule has 2 rings (SSSR count). The average molecular weight is 252 g/mol. The largest absolute Gasteiger partial charge is 0.457 e. The smallest absolute Gasteiger partial charge is 0.338 e. The first-order chi connectivity index (χ1) is 9.31. The van der Waals surface area contributed by atoms with E-state index in [0.717, 1.165) is 11.1 Å². The summed E-state index contributed by atoms with van der Waals surface area (Å²) in [6, 6.07) is 17.1. The van der Waals surface area contributed by atoms with Crippen LogP contribution in [0.2, 0.25) is 0 Å². The van der Waals surface area contributed by atoms with Crippen molar-refractivity contribution in [3.05, 3.63) is 83.9 Å². The Morgan fingerprint density at radius 3 is 2.47 bits per heavy atom. The van der Waals surface area contributed by atoms with Crippen LogP contribution < -0.4 is 0 Å². The number of allylic oxidation sites excluding steroid dienone is 1. The van der Waals surface area contributed by atoms with E-state index in [0.29, 0.717) is 18.6 Å². The zero-order valence-electron chi connectivity index (χ0n) is 10.7. The fourth-order valence-corrected chi connectivity index (χ4v) is 1.85. The summed E-state index contributed by atoms with van der Waals surface area (Å²) in [4.78, 5) is 12.1. The van der Waals surface area contributed by atoms with Crippen LogP contribution in [0.1, 0.15) is 21.5 Å².